The monoisotopic (exact) mass is 516 g/mol. The van der Waals surface area contributed by atoms with Crippen LogP contribution in [0.3, 0.4) is 0 Å². The Balaban J connectivity index is 0.000000937. The fraction of sp³-hybridized carbons (Fsp3) is 0.586. The average Bonchev–Trinajstić information content (AvgIpc) is 3.66. The van der Waals surface area contributed by atoms with E-state index in [0.717, 1.165) is 55.7 Å². The number of rotatable bonds is 5. The maximum absolute atomic E-state index is 11.9. The number of para-hydroxylation sites is 1. The van der Waals surface area contributed by atoms with E-state index in [0.29, 0.717) is 12.3 Å². The van der Waals surface area contributed by atoms with Gasteiger partial charge in [-0.25, -0.2) is 0 Å². The van der Waals surface area contributed by atoms with Gasteiger partial charge in [0.2, 0.25) is 0 Å². The van der Waals surface area contributed by atoms with Crippen molar-refractivity contribution in [2.45, 2.75) is 95.9 Å². The standard InChI is InChI=1S/C28H36N6O.CO2/c1-3-28-14-8-15-32(19-29)26(28)25-22(13-16-33-17-23(30-31-33)20-9-4-5-10-20)21-11-6-7-12-24(21)34(25)27(2,35)18-28;2-1-3/h6-7,11-12,17,20,26,35H,3-5,8-10,13-16,18H2,1-2H3;/t26-,27-,28+;/m1./s1. The number of carbonyl (C=O) groups excluding carboxylic acids is 2. The van der Waals surface area contributed by atoms with Crippen molar-refractivity contribution < 1.29 is 14.7 Å². The van der Waals surface area contributed by atoms with E-state index in [2.05, 4.69) is 52.4 Å². The van der Waals surface area contributed by atoms with E-state index in [1.54, 1.807) is 0 Å². The molecule has 3 aliphatic rings. The molecular weight excluding hydrogens is 480 g/mol. The van der Waals surface area contributed by atoms with E-state index >= 15 is 0 Å². The normalized spacial score (nSPS) is 26.7. The zero-order valence-corrected chi connectivity index (χ0v) is 22.3. The van der Waals surface area contributed by atoms with Crippen LogP contribution >= 0.6 is 0 Å². The lowest BCUT2D eigenvalue weighted by molar-refractivity contribution is -0.191. The summed E-state index contributed by atoms with van der Waals surface area (Å²) in [6.45, 7) is 5.69. The lowest BCUT2D eigenvalue weighted by Gasteiger charge is -2.55. The van der Waals surface area contributed by atoms with Gasteiger partial charge in [0.15, 0.2) is 6.19 Å². The Morgan fingerprint density at radius 2 is 1.92 bits per heavy atom. The van der Waals surface area contributed by atoms with Crippen molar-refractivity contribution in [2.24, 2.45) is 5.41 Å². The first-order chi connectivity index (χ1) is 18.4. The summed E-state index contributed by atoms with van der Waals surface area (Å²) in [4.78, 5) is 18.2. The van der Waals surface area contributed by atoms with Gasteiger partial charge in [-0.2, -0.15) is 14.9 Å². The summed E-state index contributed by atoms with van der Waals surface area (Å²) < 4.78 is 4.14. The van der Waals surface area contributed by atoms with Gasteiger partial charge in [-0.3, -0.25) is 4.68 Å². The minimum Gasteiger partial charge on any atom is -0.371 e. The first-order valence-electron chi connectivity index (χ1n) is 13.8. The SMILES string of the molecule is CC[C@@]12CCCN(C#N)[C@@H]1c1c(CCn3cc(C4CCCC4)nn3)c3ccccc3n1[C@](C)(O)C2.O=C=O. The second kappa shape index (κ2) is 10.4. The summed E-state index contributed by atoms with van der Waals surface area (Å²) in [7, 11) is 0. The van der Waals surface area contributed by atoms with Gasteiger partial charge in [0.25, 0.3) is 0 Å². The zero-order valence-electron chi connectivity index (χ0n) is 22.3. The molecule has 3 aromatic rings. The molecule has 1 N–H and O–H groups in total. The summed E-state index contributed by atoms with van der Waals surface area (Å²) in [6.07, 6.45) is 14.4. The predicted octanol–water partition coefficient (Wildman–Crippen LogP) is 4.63. The Hall–Kier alpha value is -3.47. The van der Waals surface area contributed by atoms with Gasteiger partial charge in [-0.1, -0.05) is 43.2 Å². The molecule has 0 amide bonds. The molecule has 3 atom stereocenters. The molecule has 1 saturated heterocycles. The number of hydrogen-bond donors (Lipinski definition) is 1. The molecule has 4 heterocycles. The van der Waals surface area contributed by atoms with Gasteiger partial charge in [0.1, 0.15) is 5.72 Å². The summed E-state index contributed by atoms with van der Waals surface area (Å²) in [5, 5.41) is 32.2. The van der Waals surface area contributed by atoms with Crippen LogP contribution in [-0.2, 0) is 28.3 Å². The van der Waals surface area contributed by atoms with Gasteiger partial charge in [0.05, 0.1) is 17.3 Å². The number of benzene rings is 1. The van der Waals surface area contributed by atoms with E-state index in [1.165, 1.54) is 36.6 Å². The molecule has 6 rings (SSSR count). The Labute approximate surface area is 223 Å². The quantitative estimate of drug-likeness (QED) is 0.491. The van der Waals surface area contributed by atoms with E-state index in [-0.39, 0.29) is 17.6 Å². The van der Waals surface area contributed by atoms with Crippen molar-refractivity contribution >= 4 is 17.1 Å². The minimum atomic E-state index is -0.999. The number of fused-ring (bicyclic) bond motifs is 5. The van der Waals surface area contributed by atoms with Crippen LogP contribution in [0.1, 0.15) is 94.1 Å². The summed E-state index contributed by atoms with van der Waals surface area (Å²) >= 11 is 0. The summed E-state index contributed by atoms with van der Waals surface area (Å²) in [5.41, 5.74) is 3.44. The largest absolute Gasteiger partial charge is 0.373 e. The molecule has 0 radical (unpaired) electrons. The van der Waals surface area contributed by atoms with Crippen molar-refractivity contribution in [3.63, 3.8) is 0 Å². The number of aromatic nitrogens is 4. The highest BCUT2D eigenvalue weighted by atomic mass is 16.3. The first kappa shape index (κ1) is 26.1. The average molecular weight is 517 g/mol. The van der Waals surface area contributed by atoms with Crippen molar-refractivity contribution in [3.8, 4) is 6.19 Å². The van der Waals surface area contributed by atoms with Crippen LogP contribution in [0.25, 0.3) is 10.9 Å². The number of nitriles is 1. The lowest BCUT2D eigenvalue weighted by Crippen LogP contribution is -2.54. The molecule has 200 valence electrons. The molecule has 0 spiro atoms. The second-order valence-electron chi connectivity index (χ2n) is 11.3. The topological polar surface area (TPSA) is 117 Å². The number of aliphatic hydroxyl groups is 1. The smallest absolute Gasteiger partial charge is 0.371 e. The molecule has 2 aromatic heterocycles. The lowest BCUT2D eigenvalue weighted by atomic mass is 9.63. The van der Waals surface area contributed by atoms with Crippen LogP contribution in [0.15, 0.2) is 30.5 Å². The maximum atomic E-state index is 11.9. The highest BCUT2D eigenvalue weighted by Gasteiger charge is 2.55. The molecule has 2 aliphatic heterocycles. The fourth-order valence-corrected chi connectivity index (χ4v) is 7.62. The second-order valence-corrected chi connectivity index (χ2v) is 11.3. The van der Waals surface area contributed by atoms with E-state index in [4.69, 9.17) is 9.59 Å². The molecule has 2 fully saturated rings. The highest BCUT2D eigenvalue weighted by Crippen LogP contribution is 2.59. The van der Waals surface area contributed by atoms with Gasteiger partial charge in [-0.15, -0.1) is 5.10 Å². The number of aryl methyl sites for hydroxylation is 2. The fourth-order valence-electron chi connectivity index (χ4n) is 7.62. The summed E-state index contributed by atoms with van der Waals surface area (Å²) in [6, 6.07) is 8.40. The van der Waals surface area contributed by atoms with Crippen molar-refractivity contribution in [2.75, 3.05) is 6.54 Å². The van der Waals surface area contributed by atoms with Crippen LogP contribution in [-0.4, -0.2) is 42.3 Å². The van der Waals surface area contributed by atoms with E-state index < -0.39 is 5.72 Å². The number of hydrogen-bond acceptors (Lipinski definition) is 7. The molecule has 0 unspecified atom stereocenters. The van der Waals surface area contributed by atoms with Crippen LogP contribution in [0.4, 0.5) is 0 Å². The van der Waals surface area contributed by atoms with E-state index in [9.17, 15) is 10.4 Å². The van der Waals surface area contributed by atoms with Crippen LogP contribution in [0.5, 0.6) is 0 Å². The molecule has 9 nitrogen and oxygen atoms in total. The maximum Gasteiger partial charge on any atom is 0.373 e. The third-order valence-electron chi connectivity index (χ3n) is 9.17. The van der Waals surface area contributed by atoms with E-state index in [1.807, 2.05) is 22.6 Å². The third kappa shape index (κ3) is 4.32. The molecule has 1 aliphatic carbocycles. The van der Waals surface area contributed by atoms with Crippen LogP contribution < -0.4 is 0 Å². The highest BCUT2D eigenvalue weighted by molar-refractivity contribution is 5.86. The molecule has 1 saturated carbocycles. The third-order valence-corrected chi connectivity index (χ3v) is 9.17. The van der Waals surface area contributed by atoms with Gasteiger partial charge < -0.3 is 14.6 Å². The Morgan fingerprint density at radius 1 is 1.18 bits per heavy atom. The Morgan fingerprint density at radius 3 is 2.63 bits per heavy atom. The predicted molar refractivity (Wildman–Crippen MR) is 139 cm³/mol. The minimum absolute atomic E-state index is 0.0151. The zero-order chi connectivity index (χ0) is 26.9. The number of likely N-dealkylation sites (tertiary alicyclic amines) is 1. The first-order valence-corrected chi connectivity index (χ1v) is 13.8. The molecule has 9 heteroatoms. The van der Waals surface area contributed by atoms with Gasteiger partial charge in [0, 0.05) is 48.1 Å². The van der Waals surface area contributed by atoms with Crippen LogP contribution in [0, 0.1) is 16.9 Å². The van der Waals surface area contributed by atoms with Crippen molar-refractivity contribution in [3.05, 3.63) is 47.4 Å². The van der Waals surface area contributed by atoms with Crippen molar-refractivity contribution in [1.29, 1.82) is 5.26 Å². The molecule has 38 heavy (non-hydrogen) atoms. The number of piperidine rings is 1. The molecule has 1 aromatic carbocycles. The van der Waals surface area contributed by atoms with Crippen LogP contribution in [0.2, 0.25) is 0 Å². The summed E-state index contributed by atoms with van der Waals surface area (Å²) in [5.74, 6) is 0.554. The molecular formula is C29H36N6O3. The molecule has 0 bridgehead atoms. The Bertz CT molecular complexity index is 1370. The number of nitrogens with zero attached hydrogens (tertiary/aromatic N) is 6. The van der Waals surface area contributed by atoms with Gasteiger partial charge in [-0.05, 0) is 57.1 Å². The van der Waals surface area contributed by atoms with Crippen molar-refractivity contribution in [1.82, 2.24) is 24.5 Å². The Kier molecular flexibility index (Phi) is 7.13. The van der Waals surface area contributed by atoms with Gasteiger partial charge >= 0.3 is 6.15 Å².